The van der Waals surface area contributed by atoms with Crippen LogP contribution in [0.1, 0.15) is 44.7 Å². The van der Waals surface area contributed by atoms with Crippen LogP contribution in [0.5, 0.6) is 5.75 Å². The number of ether oxygens (including phenoxy) is 1. The molecule has 1 amide bonds. The van der Waals surface area contributed by atoms with Crippen molar-refractivity contribution in [2.45, 2.75) is 33.6 Å². The van der Waals surface area contributed by atoms with Crippen molar-refractivity contribution in [2.75, 3.05) is 11.9 Å². The van der Waals surface area contributed by atoms with Gasteiger partial charge in [-0.15, -0.1) is 0 Å². The third kappa shape index (κ3) is 6.46. The van der Waals surface area contributed by atoms with E-state index in [9.17, 15) is 4.79 Å². The molecule has 0 bridgehead atoms. The fourth-order valence-corrected chi connectivity index (χ4v) is 2.25. The quantitative estimate of drug-likeness (QED) is 0.678. The van der Waals surface area contributed by atoms with Gasteiger partial charge in [-0.1, -0.05) is 52.0 Å². The van der Waals surface area contributed by atoms with Crippen LogP contribution < -0.4 is 10.1 Å². The molecular weight excluding hydrogens is 310 g/mol. The van der Waals surface area contributed by atoms with Crippen molar-refractivity contribution in [1.29, 1.82) is 0 Å². The fourth-order valence-electron chi connectivity index (χ4n) is 2.25. The van der Waals surface area contributed by atoms with Crippen molar-refractivity contribution in [3.8, 4) is 5.75 Å². The molecule has 0 aromatic heterocycles. The van der Waals surface area contributed by atoms with E-state index in [1.165, 1.54) is 5.56 Å². The Balaban J connectivity index is 1.88. The molecule has 0 radical (unpaired) electrons. The lowest BCUT2D eigenvalue weighted by Crippen LogP contribution is -2.08. The van der Waals surface area contributed by atoms with Crippen LogP contribution in [-0.2, 0) is 4.79 Å². The first-order valence-electron chi connectivity index (χ1n) is 8.76. The summed E-state index contributed by atoms with van der Waals surface area (Å²) in [6.45, 7) is 9.23. The molecule has 0 spiro atoms. The molecule has 2 aromatic carbocycles. The van der Waals surface area contributed by atoms with Crippen LogP contribution in [0.25, 0.3) is 6.08 Å². The zero-order chi connectivity index (χ0) is 18.2. The lowest BCUT2D eigenvalue weighted by molar-refractivity contribution is -0.111. The summed E-state index contributed by atoms with van der Waals surface area (Å²) >= 11 is 0. The van der Waals surface area contributed by atoms with E-state index in [2.05, 4.69) is 45.1 Å². The Morgan fingerprint density at radius 2 is 1.64 bits per heavy atom. The fraction of sp³-hybridized carbons (Fsp3) is 0.318. The minimum Gasteiger partial charge on any atom is -0.493 e. The van der Waals surface area contributed by atoms with Gasteiger partial charge in [0.1, 0.15) is 5.75 Å². The summed E-state index contributed by atoms with van der Waals surface area (Å²) in [5.74, 6) is 1.66. The van der Waals surface area contributed by atoms with Crippen LogP contribution in [0, 0.1) is 5.92 Å². The number of carbonyl (C=O) groups excluding carboxylic acids is 1. The average molecular weight is 337 g/mol. The first-order valence-corrected chi connectivity index (χ1v) is 8.76. The van der Waals surface area contributed by atoms with Gasteiger partial charge in [-0.25, -0.2) is 0 Å². The molecular formula is C22H27NO2. The number of hydrogen-bond donors (Lipinski definition) is 1. The molecule has 0 unspecified atom stereocenters. The second kappa shape index (κ2) is 9.07. The van der Waals surface area contributed by atoms with E-state index in [0.717, 1.165) is 17.0 Å². The van der Waals surface area contributed by atoms with E-state index in [0.29, 0.717) is 18.4 Å². The molecule has 0 heterocycles. The largest absolute Gasteiger partial charge is 0.493 e. The highest BCUT2D eigenvalue weighted by Crippen LogP contribution is 2.17. The maximum atomic E-state index is 12.0. The standard InChI is InChI=1S/C22H27NO2/c1-16(2)15-25-21-12-10-20(11-13-21)23-22(24)14-7-18-5-8-19(9-6-18)17(3)4/h5-14,16-17H,15H2,1-4H3,(H,23,24)/b14-7+. The monoisotopic (exact) mass is 337 g/mol. The van der Waals surface area contributed by atoms with Gasteiger partial charge in [0.05, 0.1) is 6.61 Å². The summed E-state index contributed by atoms with van der Waals surface area (Å²) in [7, 11) is 0. The van der Waals surface area contributed by atoms with E-state index < -0.39 is 0 Å². The van der Waals surface area contributed by atoms with Gasteiger partial charge in [0, 0.05) is 11.8 Å². The lowest BCUT2D eigenvalue weighted by Gasteiger charge is -2.09. The van der Waals surface area contributed by atoms with Crippen LogP contribution in [0.15, 0.2) is 54.6 Å². The van der Waals surface area contributed by atoms with Gasteiger partial charge in [-0.2, -0.15) is 0 Å². The molecule has 0 aliphatic heterocycles. The highest BCUT2D eigenvalue weighted by molar-refractivity contribution is 6.01. The molecule has 132 valence electrons. The molecule has 0 aliphatic carbocycles. The molecule has 3 heteroatoms. The smallest absolute Gasteiger partial charge is 0.248 e. The molecule has 0 saturated heterocycles. The minimum absolute atomic E-state index is 0.149. The van der Waals surface area contributed by atoms with Gasteiger partial charge in [0.25, 0.3) is 0 Å². The van der Waals surface area contributed by atoms with Crippen LogP contribution >= 0.6 is 0 Å². The molecule has 0 atom stereocenters. The zero-order valence-electron chi connectivity index (χ0n) is 15.5. The number of hydrogen-bond acceptors (Lipinski definition) is 2. The van der Waals surface area contributed by atoms with Gasteiger partial charge in [0.15, 0.2) is 0 Å². The lowest BCUT2D eigenvalue weighted by atomic mass is 10.0. The van der Waals surface area contributed by atoms with Crippen molar-refractivity contribution in [2.24, 2.45) is 5.92 Å². The van der Waals surface area contributed by atoms with E-state index in [1.807, 2.05) is 42.5 Å². The topological polar surface area (TPSA) is 38.3 Å². The number of benzene rings is 2. The SMILES string of the molecule is CC(C)COc1ccc(NC(=O)/C=C/c2ccc(C(C)C)cc2)cc1. The van der Waals surface area contributed by atoms with Gasteiger partial charge in [-0.05, 0) is 53.3 Å². The molecule has 0 fully saturated rings. The molecule has 2 rings (SSSR count). The predicted octanol–water partition coefficient (Wildman–Crippen LogP) is 5.50. The van der Waals surface area contributed by atoms with E-state index in [-0.39, 0.29) is 5.91 Å². The van der Waals surface area contributed by atoms with Crippen LogP contribution in [-0.4, -0.2) is 12.5 Å². The highest BCUT2D eigenvalue weighted by atomic mass is 16.5. The van der Waals surface area contributed by atoms with Crippen molar-refractivity contribution >= 4 is 17.7 Å². The Bertz CT molecular complexity index is 698. The number of rotatable bonds is 7. The van der Waals surface area contributed by atoms with Gasteiger partial charge >= 0.3 is 0 Å². The maximum absolute atomic E-state index is 12.0. The Morgan fingerprint density at radius 3 is 2.20 bits per heavy atom. The summed E-state index contributed by atoms with van der Waals surface area (Å²) in [4.78, 5) is 12.0. The number of amides is 1. The van der Waals surface area contributed by atoms with Gasteiger partial charge in [-0.3, -0.25) is 4.79 Å². The van der Waals surface area contributed by atoms with Crippen LogP contribution in [0.3, 0.4) is 0 Å². The minimum atomic E-state index is -0.149. The third-order valence-electron chi connectivity index (χ3n) is 3.74. The molecule has 1 N–H and O–H groups in total. The van der Waals surface area contributed by atoms with Crippen molar-refractivity contribution in [3.05, 3.63) is 65.7 Å². The Labute approximate surface area is 150 Å². The second-order valence-corrected chi connectivity index (χ2v) is 6.87. The summed E-state index contributed by atoms with van der Waals surface area (Å²) in [6.07, 6.45) is 3.37. The molecule has 2 aromatic rings. The number of nitrogens with one attached hydrogen (secondary N) is 1. The molecule has 25 heavy (non-hydrogen) atoms. The highest BCUT2D eigenvalue weighted by Gasteiger charge is 2.01. The molecule has 0 aliphatic rings. The van der Waals surface area contributed by atoms with E-state index in [1.54, 1.807) is 6.08 Å². The van der Waals surface area contributed by atoms with Crippen molar-refractivity contribution < 1.29 is 9.53 Å². The average Bonchev–Trinajstić information content (AvgIpc) is 2.59. The predicted molar refractivity (Wildman–Crippen MR) is 105 cm³/mol. The molecule has 3 nitrogen and oxygen atoms in total. The Kier molecular flexibility index (Phi) is 6.81. The Morgan fingerprint density at radius 1 is 1.00 bits per heavy atom. The summed E-state index contributed by atoms with van der Waals surface area (Å²) in [5, 5.41) is 2.85. The first-order chi connectivity index (χ1) is 11.9. The Hall–Kier alpha value is -2.55. The van der Waals surface area contributed by atoms with Crippen LogP contribution in [0.2, 0.25) is 0 Å². The summed E-state index contributed by atoms with van der Waals surface area (Å²) in [5.41, 5.74) is 3.06. The van der Waals surface area contributed by atoms with Gasteiger partial charge < -0.3 is 10.1 Å². The maximum Gasteiger partial charge on any atom is 0.248 e. The van der Waals surface area contributed by atoms with Gasteiger partial charge in [0.2, 0.25) is 5.91 Å². The summed E-state index contributed by atoms with van der Waals surface area (Å²) < 4.78 is 5.63. The third-order valence-corrected chi connectivity index (χ3v) is 3.74. The first kappa shape index (κ1) is 18.8. The van der Waals surface area contributed by atoms with E-state index >= 15 is 0 Å². The van der Waals surface area contributed by atoms with E-state index in [4.69, 9.17) is 4.74 Å². The summed E-state index contributed by atoms with van der Waals surface area (Å²) in [6, 6.07) is 15.7. The number of carbonyl (C=O) groups is 1. The molecule has 0 saturated carbocycles. The normalized spacial score (nSPS) is 11.3. The van der Waals surface area contributed by atoms with Crippen LogP contribution in [0.4, 0.5) is 5.69 Å². The van der Waals surface area contributed by atoms with Crippen molar-refractivity contribution in [3.63, 3.8) is 0 Å². The number of anilines is 1. The van der Waals surface area contributed by atoms with Crippen molar-refractivity contribution in [1.82, 2.24) is 0 Å². The zero-order valence-corrected chi connectivity index (χ0v) is 15.5. The second-order valence-electron chi connectivity index (χ2n) is 6.87.